The van der Waals surface area contributed by atoms with E-state index in [0.717, 1.165) is 6.07 Å². The number of hydrogen-bond acceptors (Lipinski definition) is 2. The van der Waals surface area contributed by atoms with Crippen LogP contribution < -0.4 is 0 Å². The Balaban J connectivity index is 2.53. The van der Waals surface area contributed by atoms with Crippen LogP contribution in [0.1, 0.15) is 0 Å². The predicted molar refractivity (Wildman–Crippen MR) is 46.2 cm³/mol. The van der Waals surface area contributed by atoms with Crippen LogP contribution >= 0.6 is 0 Å². The van der Waals surface area contributed by atoms with Crippen LogP contribution in [-0.2, 0) is 0 Å². The third kappa shape index (κ3) is 1.59. The normalized spacial score (nSPS) is 10.1. The molecule has 0 unspecified atom stereocenters. The zero-order valence-corrected chi connectivity index (χ0v) is 7.04. The summed E-state index contributed by atoms with van der Waals surface area (Å²) in [5.41, 5.74) is 0.463. The summed E-state index contributed by atoms with van der Waals surface area (Å²) in [6.07, 6.45) is 1.52. The zero-order chi connectivity index (χ0) is 9.97. The second-order valence-corrected chi connectivity index (χ2v) is 2.60. The van der Waals surface area contributed by atoms with Crippen molar-refractivity contribution in [3.05, 3.63) is 48.4 Å². The van der Waals surface area contributed by atoms with E-state index in [0.29, 0.717) is 5.69 Å². The summed E-state index contributed by atoms with van der Waals surface area (Å²) < 4.78 is 25.6. The molecule has 0 bridgehead atoms. The van der Waals surface area contributed by atoms with E-state index in [4.69, 9.17) is 0 Å². The molecule has 0 radical (unpaired) electrons. The second-order valence-electron chi connectivity index (χ2n) is 2.60. The Hall–Kier alpha value is -1.84. The average Bonchev–Trinajstić information content (AvgIpc) is 2.19. The minimum atomic E-state index is -0.899. The summed E-state index contributed by atoms with van der Waals surface area (Å²) in [4.78, 5) is 6.95. The minimum absolute atomic E-state index is 0.0759. The van der Waals surface area contributed by atoms with Crippen molar-refractivity contribution in [2.24, 2.45) is 0 Å². The van der Waals surface area contributed by atoms with Crippen molar-refractivity contribution in [2.75, 3.05) is 0 Å². The van der Waals surface area contributed by atoms with Gasteiger partial charge in [-0.2, -0.15) is 0 Å². The van der Waals surface area contributed by atoms with Gasteiger partial charge < -0.3 is 4.98 Å². The van der Waals surface area contributed by atoms with E-state index in [1.54, 1.807) is 18.2 Å². The standard InChI is InChI=1S/C10H5F2N2/c11-9-5-4-7(10(12)14-9)8-3-1-2-6-13-8/h1-3,5-6H/q-1. The van der Waals surface area contributed by atoms with Crippen LogP contribution in [0.4, 0.5) is 8.78 Å². The average molecular weight is 191 g/mol. The number of nitrogens with zero attached hydrogens (tertiary/aromatic N) is 2. The van der Waals surface area contributed by atoms with Gasteiger partial charge in [-0.05, 0) is 11.8 Å². The van der Waals surface area contributed by atoms with E-state index >= 15 is 0 Å². The molecule has 0 aliphatic heterocycles. The number of aromatic nitrogens is 2. The van der Waals surface area contributed by atoms with E-state index in [1.807, 2.05) is 0 Å². The summed E-state index contributed by atoms with van der Waals surface area (Å²) in [5, 5.41) is 0. The van der Waals surface area contributed by atoms with Crippen LogP contribution in [0.15, 0.2) is 30.5 Å². The highest BCUT2D eigenvalue weighted by Crippen LogP contribution is 2.17. The molecule has 0 spiro atoms. The fourth-order valence-electron chi connectivity index (χ4n) is 1.06. The third-order valence-electron chi connectivity index (χ3n) is 1.67. The highest BCUT2D eigenvalue weighted by Gasteiger charge is 1.98. The Bertz CT molecular complexity index is 443. The molecule has 70 valence electrons. The fraction of sp³-hybridized carbons (Fsp3) is 0. The highest BCUT2D eigenvalue weighted by atomic mass is 19.1. The molecule has 4 heteroatoms. The topological polar surface area (TPSA) is 25.8 Å². The maximum Gasteiger partial charge on any atom is 0.128 e. The largest absolute Gasteiger partial charge is 0.305 e. The molecule has 0 N–H and O–H groups in total. The lowest BCUT2D eigenvalue weighted by molar-refractivity contribution is 0.514. The number of hydrogen-bond donors (Lipinski definition) is 0. The van der Waals surface area contributed by atoms with Crippen molar-refractivity contribution in [1.29, 1.82) is 0 Å². The Morgan fingerprint density at radius 3 is 2.71 bits per heavy atom. The zero-order valence-electron chi connectivity index (χ0n) is 7.04. The molecule has 0 fully saturated rings. The molecule has 2 aromatic heterocycles. The van der Waals surface area contributed by atoms with E-state index in [2.05, 4.69) is 16.0 Å². The summed E-state index contributed by atoms with van der Waals surface area (Å²) >= 11 is 0. The van der Waals surface area contributed by atoms with Gasteiger partial charge in [0, 0.05) is 6.20 Å². The van der Waals surface area contributed by atoms with Crippen LogP contribution in [0, 0.1) is 18.0 Å². The van der Waals surface area contributed by atoms with Gasteiger partial charge in [-0.25, -0.2) is 8.78 Å². The third-order valence-corrected chi connectivity index (χ3v) is 1.67. The van der Waals surface area contributed by atoms with Gasteiger partial charge >= 0.3 is 0 Å². The van der Waals surface area contributed by atoms with E-state index < -0.39 is 11.9 Å². The first-order valence-electron chi connectivity index (χ1n) is 3.92. The molecule has 0 amide bonds. The first kappa shape index (κ1) is 8.74. The van der Waals surface area contributed by atoms with E-state index in [1.165, 1.54) is 6.20 Å². The molecule has 2 rings (SSSR count). The molecule has 0 aromatic carbocycles. The van der Waals surface area contributed by atoms with Gasteiger partial charge in [0.25, 0.3) is 0 Å². The van der Waals surface area contributed by atoms with Crippen molar-refractivity contribution >= 4 is 0 Å². The number of pyridine rings is 2. The van der Waals surface area contributed by atoms with Crippen molar-refractivity contribution in [1.82, 2.24) is 9.97 Å². The monoisotopic (exact) mass is 191 g/mol. The molecule has 14 heavy (non-hydrogen) atoms. The molecule has 2 heterocycles. The van der Waals surface area contributed by atoms with Gasteiger partial charge in [0.1, 0.15) is 11.9 Å². The first-order chi connectivity index (χ1) is 6.77. The van der Waals surface area contributed by atoms with Crippen molar-refractivity contribution < 1.29 is 8.78 Å². The number of rotatable bonds is 1. The lowest BCUT2D eigenvalue weighted by Crippen LogP contribution is -1.93. The molecule has 0 aliphatic carbocycles. The smallest absolute Gasteiger partial charge is 0.128 e. The van der Waals surface area contributed by atoms with E-state index in [9.17, 15) is 8.78 Å². The summed E-state index contributed by atoms with van der Waals surface area (Å²) in [7, 11) is 0. The van der Waals surface area contributed by atoms with Crippen LogP contribution in [0.25, 0.3) is 11.3 Å². The van der Waals surface area contributed by atoms with Gasteiger partial charge in [-0.15, -0.1) is 6.07 Å². The van der Waals surface area contributed by atoms with Crippen molar-refractivity contribution in [3.63, 3.8) is 0 Å². The molecule has 0 aliphatic rings. The number of halogens is 2. The Kier molecular flexibility index (Phi) is 2.18. The highest BCUT2D eigenvalue weighted by molar-refractivity contribution is 5.57. The summed E-state index contributed by atoms with van der Waals surface area (Å²) in [6.45, 7) is 0. The van der Waals surface area contributed by atoms with Crippen LogP contribution in [0.3, 0.4) is 0 Å². The predicted octanol–water partition coefficient (Wildman–Crippen LogP) is 2.22. The van der Waals surface area contributed by atoms with Gasteiger partial charge in [-0.1, -0.05) is 23.8 Å². The molecule has 2 aromatic rings. The molecule has 0 atom stereocenters. The summed E-state index contributed by atoms with van der Waals surface area (Å²) in [5.74, 6) is -1.79. The maximum atomic E-state index is 13.1. The van der Waals surface area contributed by atoms with Crippen molar-refractivity contribution in [3.8, 4) is 11.3 Å². The summed E-state index contributed by atoms with van der Waals surface area (Å²) in [6, 6.07) is 8.45. The molecule has 2 nitrogen and oxygen atoms in total. The quantitative estimate of drug-likeness (QED) is 0.510. The Morgan fingerprint density at radius 1 is 1.21 bits per heavy atom. The van der Waals surface area contributed by atoms with Crippen molar-refractivity contribution in [2.45, 2.75) is 0 Å². The molecular formula is C10H5F2N2-. The first-order valence-corrected chi connectivity index (χ1v) is 3.92. The Morgan fingerprint density at radius 2 is 2.07 bits per heavy atom. The lowest BCUT2D eigenvalue weighted by Gasteiger charge is -2.08. The SMILES string of the molecule is Fc1c[c-]c(-c2ccccn2)c(F)n1. The van der Waals surface area contributed by atoms with Gasteiger partial charge in [0.05, 0.1) is 0 Å². The van der Waals surface area contributed by atoms with E-state index in [-0.39, 0.29) is 5.56 Å². The van der Waals surface area contributed by atoms with Gasteiger partial charge in [0.15, 0.2) is 0 Å². The fourth-order valence-corrected chi connectivity index (χ4v) is 1.06. The van der Waals surface area contributed by atoms with Gasteiger partial charge in [-0.3, -0.25) is 4.98 Å². The maximum absolute atomic E-state index is 13.1. The van der Waals surface area contributed by atoms with Crippen LogP contribution in [-0.4, -0.2) is 9.97 Å². The van der Waals surface area contributed by atoms with Crippen LogP contribution in [0.2, 0.25) is 0 Å². The Labute approximate surface area is 79.3 Å². The lowest BCUT2D eigenvalue weighted by atomic mass is 10.2. The molecule has 0 saturated heterocycles. The molecular weight excluding hydrogens is 186 g/mol. The molecule has 0 saturated carbocycles. The van der Waals surface area contributed by atoms with Crippen LogP contribution in [0.5, 0.6) is 0 Å². The second kappa shape index (κ2) is 3.49. The van der Waals surface area contributed by atoms with Gasteiger partial charge in [0.2, 0.25) is 0 Å². The minimum Gasteiger partial charge on any atom is -0.305 e.